The van der Waals surface area contributed by atoms with Gasteiger partial charge in [0.1, 0.15) is 0 Å². The van der Waals surface area contributed by atoms with E-state index < -0.39 is 5.97 Å². The van der Waals surface area contributed by atoms with E-state index in [-0.39, 0.29) is 17.6 Å². The molecular formula is C25H29N3O3. The Bertz CT molecular complexity index is 984. The topological polar surface area (TPSA) is 74.7 Å². The first-order valence-electron chi connectivity index (χ1n) is 10.8. The molecule has 6 nitrogen and oxygen atoms in total. The molecule has 162 valence electrons. The number of aromatic nitrogens is 1. The second-order valence-electron chi connectivity index (χ2n) is 8.10. The number of aromatic carboxylic acids is 1. The molecule has 6 heteroatoms. The van der Waals surface area contributed by atoms with E-state index in [1.165, 1.54) is 17.8 Å². The molecule has 1 saturated heterocycles. The number of rotatable bonds is 7. The van der Waals surface area contributed by atoms with Crippen LogP contribution in [0.15, 0.2) is 66.7 Å². The number of benzene rings is 1. The third kappa shape index (κ3) is 4.64. The number of carboxylic acids is 1. The van der Waals surface area contributed by atoms with E-state index in [1.54, 1.807) is 6.20 Å². The van der Waals surface area contributed by atoms with Crippen molar-refractivity contribution in [2.24, 2.45) is 11.8 Å². The molecule has 2 N–H and O–H groups in total. The molecule has 2 aromatic rings. The number of carboxylic acid groups (broad SMARTS) is 1. The number of ether oxygens (including phenoxy) is 1. The predicted molar refractivity (Wildman–Crippen MR) is 122 cm³/mol. The third-order valence-electron chi connectivity index (χ3n) is 6.27. The number of nitrogens with zero attached hydrogens (tertiary/aromatic N) is 2. The number of hydrogen-bond acceptors (Lipinski definition) is 5. The van der Waals surface area contributed by atoms with Gasteiger partial charge >= 0.3 is 5.97 Å². The summed E-state index contributed by atoms with van der Waals surface area (Å²) in [6, 6.07) is 10.2. The summed E-state index contributed by atoms with van der Waals surface area (Å²) in [4.78, 5) is 17.7. The van der Waals surface area contributed by atoms with E-state index in [2.05, 4.69) is 71.7 Å². The van der Waals surface area contributed by atoms with Crippen molar-refractivity contribution < 1.29 is 14.6 Å². The van der Waals surface area contributed by atoms with Crippen LogP contribution in [0.3, 0.4) is 0 Å². The lowest BCUT2D eigenvalue weighted by Gasteiger charge is -2.38. The number of hydrogen-bond donors (Lipinski definition) is 2. The number of aryl methyl sites for hydroxylation is 1. The molecule has 1 aliphatic carbocycles. The first-order chi connectivity index (χ1) is 15.1. The Morgan fingerprint density at radius 2 is 2.10 bits per heavy atom. The van der Waals surface area contributed by atoms with Gasteiger partial charge in [-0.2, -0.15) is 0 Å². The van der Waals surface area contributed by atoms with Gasteiger partial charge in [-0.15, -0.1) is 0 Å². The van der Waals surface area contributed by atoms with Crippen LogP contribution in [0.4, 0.5) is 11.4 Å². The summed E-state index contributed by atoms with van der Waals surface area (Å²) in [6.07, 6.45) is 11.7. The van der Waals surface area contributed by atoms with Crippen molar-refractivity contribution in [3.8, 4) is 0 Å². The summed E-state index contributed by atoms with van der Waals surface area (Å²) in [6.45, 7) is 3.53. The number of carbonyl (C=O) groups is 1. The highest BCUT2D eigenvalue weighted by molar-refractivity contribution is 5.93. The minimum atomic E-state index is -0.949. The van der Waals surface area contributed by atoms with Crippen LogP contribution in [0.2, 0.25) is 0 Å². The summed E-state index contributed by atoms with van der Waals surface area (Å²) >= 11 is 0. The summed E-state index contributed by atoms with van der Waals surface area (Å²) in [5, 5.41) is 12.7. The molecule has 1 aromatic carbocycles. The minimum absolute atomic E-state index is 0.0192. The van der Waals surface area contributed by atoms with E-state index in [4.69, 9.17) is 4.74 Å². The Labute approximate surface area is 183 Å². The normalized spacial score (nSPS) is 22.4. The average molecular weight is 420 g/mol. The Hall–Kier alpha value is -3.12. The van der Waals surface area contributed by atoms with Gasteiger partial charge in [0.05, 0.1) is 23.6 Å². The number of likely N-dealkylation sites (N-methyl/N-ethyl adjacent to an activating group) is 1. The molecule has 1 aliphatic heterocycles. The molecule has 0 radical (unpaired) electrons. The van der Waals surface area contributed by atoms with Crippen LogP contribution >= 0.6 is 0 Å². The number of anilines is 2. The third-order valence-corrected chi connectivity index (χ3v) is 6.27. The zero-order valence-corrected chi connectivity index (χ0v) is 18.0. The molecule has 2 unspecified atom stereocenters. The minimum Gasteiger partial charge on any atom is -0.478 e. The average Bonchev–Trinajstić information content (AvgIpc) is 2.82. The van der Waals surface area contributed by atoms with Crippen LogP contribution < -0.4 is 10.2 Å². The van der Waals surface area contributed by atoms with Gasteiger partial charge in [-0.05, 0) is 54.7 Å². The fourth-order valence-corrected chi connectivity index (χ4v) is 4.32. The van der Waals surface area contributed by atoms with Gasteiger partial charge in [-0.1, -0.05) is 25.1 Å². The Balaban J connectivity index is 1.44. The van der Waals surface area contributed by atoms with Crippen molar-refractivity contribution >= 4 is 17.3 Å². The van der Waals surface area contributed by atoms with Gasteiger partial charge in [0.2, 0.25) is 0 Å². The maximum atomic E-state index is 11.4. The lowest BCUT2D eigenvalue weighted by molar-refractivity contribution is -0.00998. The van der Waals surface area contributed by atoms with Crippen molar-refractivity contribution in [3.05, 3.63) is 77.8 Å². The van der Waals surface area contributed by atoms with Crippen LogP contribution in [-0.2, 0) is 11.2 Å². The Morgan fingerprint density at radius 3 is 2.84 bits per heavy atom. The number of nitrogens with one attached hydrogen (secondary N) is 1. The molecular weight excluding hydrogens is 390 g/mol. The van der Waals surface area contributed by atoms with E-state index in [9.17, 15) is 9.90 Å². The molecule has 0 bridgehead atoms. The monoisotopic (exact) mass is 419 g/mol. The summed E-state index contributed by atoms with van der Waals surface area (Å²) in [5.41, 5.74) is 4.41. The Kier molecular flexibility index (Phi) is 6.37. The van der Waals surface area contributed by atoms with Gasteiger partial charge in [0, 0.05) is 43.7 Å². The second kappa shape index (κ2) is 9.35. The number of pyridine rings is 1. The summed E-state index contributed by atoms with van der Waals surface area (Å²) in [5.74, 6) is -0.343. The lowest BCUT2D eigenvalue weighted by Crippen LogP contribution is -2.39. The van der Waals surface area contributed by atoms with E-state index >= 15 is 0 Å². The molecule has 4 rings (SSSR count). The van der Waals surface area contributed by atoms with Crippen molar-refractivity contribution in [2.75, 3.05) is 30.4 Å². The molecule has 1 fully saturated rings. The van der Waals surface area contributed by atoms with Gasteiger partial charge in [0.15, 0.2) is 0 Å². The predicted octanol–water partition coefficient (Wildman–Crippen LogP) is 4.37. The molecule has 0 amide bonds. The molecule has 2 aliphatic rings. The maximum absolute atomic E-state index is 11.4. The first-order valence-corrected chi connectivity index (χ1v) is 10.8. The number of fused-ring (bicyclic) bond motifs is 1. The van der Waals surface area contributed by atoms with Crippen molar-refractivity contribution in [1.82, 2.24) is 4.98 Å². The quantitative estimate of drug-likeness (QED) is 0.694. The molecule has 0 saturated carbocycles. The fourth-order valence-electron chi connectivity index (χ4n) is 4.32. The van der Waals surface area contributed by atoms with Crippen molar-refractivity contribution in [1.29, 1.82) is 0 Å². The SMILES string of the molecule is CCc1ccc(N(C)C2=CC3OCC[C@@H](CNc4cnccc4C(=O)O)C3C=C2)cc1. The molecule has 31 heavy (non-hydrogen) atoms. The van der Waals surface area contributed by atoms with Crippen molar-refractivity contribution in [2.45, 2.75) is 25.9 Å². The zero-order chi connectivity index (χ0) is 21.8. The largest absolute Gasteiger partial charge is 0.478 e. The van der Waals surface area contributed by atoms with E-state index in [0.29, 0.717) is 24.8 Å². The van der Waals surface area contributed by atoms with Crippen LogP contribution in [0.25, 0.3) is 0 Å². The molecule has 1 aromatic heterocycles. The molecule has 0 spiro atoms. The van der Waals surface area contributed by atoms with E-state index in [1.807, 2.05) is 0 Å². The van der Waals surface area contributed by atoms with Crippen LogP contribution in [-0.4, -0.2) is 42.4 Å². The lowest BCUT2D eigenvalue weighted by atomic mass is 9.80. The standard InChI is InChI=1S/C25H29N3O3/c1-3-17-4-6-19(7-5-17)28(2)20-8-9-21-18(11-13-31-24(21)14-20)15-27-23-16-26-12-10-22(23)25(29)30/h4-10,12,14,16,18,21,24,27H,3,11,13,15H2,1-2H3,(H,29,30)/t18-,21?,24?/m0/s1. The summed E-state index contributed by atoms with van der Waals surface area (Å²) in [7, 11) is 2.08. The fraction of sp³-hybridized carbons (Fsp3) is 0.360. The van der Waals surface area contributed by atoms with Crippen LogP contribution in [0.5, 0.6) is 0 Å². The zero-order valence-electron chi connectivity index (χ0n) is 18.0. The highest BCUT2D eigenvalue weighted by Gasteiger charge is 2.33. The number of allylic oxidation sites excluding steroid dienone is 1. The first kappa shape index (κ1) is 21.1. The van der Waals surface area contributed by atoms with Gasteiger partial charge < -0.3 is 20.1 Å². The highest BCUT2D eigenvalue weighted by atomic mass is 16.5. The highest BCUT2D eigenvalue weighted by Crippen LogP contribution is 2.34. The van der Waals surface area contributed by atoms with Gasteiger partial charge in [-0.25, -0.2) is 4.79 Å². The van der Waals surface area contributed by atoms with Crippen LogP contribution in [0, 0.1) is 11.8 Å². The molecule has 3 atom stereocenters. The molecule has 2 heterocycles. The van der Waals surface area contributed by atoms with Crippen LogP contribution in [0.1, 0.15) is 29.3 Å². The summed E-state index contributed by atoms with van der Waals surface area (Å²) < 4.78 is 6.09. The van der Waals surface area contributed by atoms with Gasteiger partial charge in [0.25, 0.3) is 0 Å². The smallest absolute Gasteiger partial charge is 0.337 e. The van der Waals surface area contributed by atoms with Crippen molar-refractivity contribution in [3.63, 3.8) is 0 Å². The van der Waals surface area contributed by atoms with Gasteiger partial charge in [-0.3, -0.25) is 4.98 Å². The maximum Gasteiger partial charge on any atom is 0.337 e. The second-order valence-corrected chi connectivity index (χ2v) is 8.10. The Morgan fingerprint density at radius 1 is 1.29 bits per heavy atom. The van der Waals surface area contributed by atoms with E-state index in [0.717, 1.165) is 24.2 Å².